The number of carbonyl (C=O) groups is 2. The van der Waals surface area contributed by atoms with Crippen molar-refractivity contribution in [3.8, 4) is 5.75 Å². The Morgan fingerprint density at radius 1 is 1.48 bits per heavy atom. The molecular weight excluding hydrogens is 294 g/mol. The zero-order chi connectivity index (χ0) is 15.6. The lowest BCUT2D eigenvalue weighted by Gasteiger charge is -2.18. The molecule has 0 saturated carbocycles. The fourth-order valence-electron chi connectivity index (χ4n) is 2.32. The average Bonchev–Trinajstić information content (AvgIpc) is 2.80. The normalized spacial score (nSPS) is 18.0. The largest absolute Gasteiger partial charge is 0.480 e. The Kier molecular flexibility index (Phi) is 4.73. The van der Waals surface area contributed by atoms with Crippen LogP contribution < -0.4 is 10.1 Å². The molecule has 0 aliphatic carbocycles. The summed E-state index contributed by atoms with van der Waals surface area (Å²) in [5.41, 5.74) is 0.860. The molecule has 0 radical (unpaired) electrons. The van der Waals surface area contributed by atoms with E-state index in [0.29, 0.717) is 23.6 Å². The summed E-state index contributed by atoms with van der Waals surface area (Å²) in [5.74, 6) is -0.645. The number of benzene rings is 1. The van der Waals surface area contributed by atoms with E-state index >= 15 is 0 Å². The molecule has 0 bridgehead atoms. The molecule has 2 atom stereocenters. The highest BCUT2D eigenvalue weighted by Crippen LogP contribution is 2.31. The first-order chi connectivity index (χ1) is 9.86. The van der Waals surface area contributed by atoms with Crippen LogP contribution in [0.4, 0.5) is 0 Å². The van der Waals surface area contributed by atoms with Gasteiger partial charge in [0, 0.05) is 11.4 Å². The van der Waals surface area contributed by atoms with Gasteiger partial charge in [-0.1, -0.05) is 25.4 Å². The van der Waals surface area contributed by atoms with Gasteiger partial charge >= 0.3 is 5.97 Å². The third-order valence-electron chi connectivity index (χ3n) is 3.31. The van der Waals surface area contributed by atoms with Crippen molar-refractivity contribution in [1.29, 1.82) is 0 Å². The number of hydrogen-bond acceptors (Lipinski definition) is 3. The van der Waals surface area contributed by atoms with Crippen LogP contribution in [0, 0.1) is 5.92 Å². The van der Waals surface area contributed by atoms with Crippen molar-refractivity contribution in [3.63, 3.8) is 0 Å². The number of fused-ring (bicyclic) bond motifs is 1. The van der Waals surface area contributed by atoms with Gasteiger partial charge in [0.05, 0.1) is 0 Å². The van der Waals surface area contributed by atoms with E-state index < -0.39 is 24.0 Å². The number of amides is 1. The molecule has 2 N–H and O–H groups in total. The van der Waals surface area contributed by atoms with Crippen molar-refractivity contribution in [2.75, 3.05) is 0 Å². The van der Waals surface area contributed by atoms with Crippen molar-refractivity contribution in [1.82, 2.24) is 5.32 Å². The molecule has 21 heavy (non-hydrogen) atoms. The molecule has 1 amide bonds. The molecule has 1 aromatic carbocycles. The van der Waals surface area contributed by atoms with Crippen LogP contribution in [-0.2, 0) is 16.0 Å². The Hall–Kier alpha value is -1.75. The van der Waals surface area contributed by atoms with Gasteiger partial charge in [-0.05, 0) is 36.1 Å². The van der Waals surface area contributed by atoms with Gasteiger partial charge in [-0.2, -0.15) is 0 Å². The van der Waals surface area contributed by atoms with Crippen LogP contribution in [-0.4, -0.2) is 29.1 Å². The zero-order valence-electron chi connectivity index (χ0n) is 11.9. The highest BCUT2D eigenvalue weighted by Gasteiger charge is 2.32. The molecule has 1 heterocycles. The molecule has 1 aromatic rings. The number of aliphatic carboxylic acids is 1. The molecule has 1 aliphatic rings. The Balaban J connectivity index is 2.00. The second kappa shape index (κ2) is 6.35. The standard InChI is InChI=1S/C15H18ClNO4/c1-8(2)5-11(15(19)20)17-14(18)13-7-9-6-10(16)3-4-12(9)21-13/h3-4,6,8,11,13H,5,7H2,1-2H3,(H,17,18)(H,19,20)/t11-,13?/m1/s1. The Labute approximate surface area is 128 Å². The number of carbonyl (C=O) groups excluding carboxylic acids is 1. The number of carboxylic acid groups (broad SMARTS) is 1. The molecule has 5 nitrogen and oxygen atoms in total. The van der Waals surface area contributed by atoms with Crippen LogP contribution in [0.5, 0.6) is 5.75 Å². The smallest absolute Gasteiger partial charge is 0.326 e. The maximum atomic E-state index is 12.2. The van der Waals surface area contributed by atoms with Crippen LogP contribution in [0.15, 0.2) is 18.2 Å². The highest BCUT2D eigenvalue weighted by atomic mass is 35.5. The van der Waals surface area contributed by atoms with Crippen molar-refractivity contribution in [2.24, 2.45) is 5.92 Å². The molecule has 6 heteroatoms. The lowest BCUT2D eigenvalue weighted by atomic mass is 10.0. The first kappa shape index (κ1) is 15.6. The Morgan fingerprint density at radius 3 is 2.81 bits per heavy atom. The molecule has 114 valence electrons. The number of halogens is 1. The summed E-state index contributed by atoms with van der Waals surface area (Å²) >= 11 is 5.90. The molecular formula is C15H18ClNO4. The second-order valence-electron chi connectivity index (χ2n) is 5.59. The molecule has 1 aliphatic heterocycles. The Bertz CT molecular complexity index is 559. The summed E-state index contributed by atoms with van der Waals surface area (Å²) in [6, 6.07) is 4.27. The molecule has 2 rings (SSSR count). The summed E-state index contributed by atoms with van der Waals surface area (Å²) in [5, 5.41) is 12.3. The van der Waals surface area contributed by atoms with Gasteiger partial charge < -0.3 is 15.2 Å². The van der Waals surface area contributed by atoms with Gasteiger partial charge in [0.25, 0.3) is 5.91 Å². The third-order valence-corrected chi connectivity index (χ3v) is 3.55. The number of hydrogen-bond donors (Lipinski definition) is 2. The van der Waals surface area contributed by atoms with E-state index in [0.717, 1.165) is 5.56 Å². The van der Waals surface area contributed by atoms with Gasteiger partial charge in [-0.15, -0.1) is 0 Å². The highest BCUT2D eigenvalue weighted by molar-refractivity contribution is 6.30. The quantitative estimate of drug-likeness (QED) is 0.874. The summed E-state index contributed by atoms with van der Waals surface area (Å²) < 4.78 is 5.55. The van der Waals surface area contributed by atoms with Crippen LogP contribution >= 0.6 is 11.6 Å². The fourth-order valence-corrected chi connectivity index (χ4v) is 2.52. The number of rotatable bonds is 5. The maximum absolute atomic E-state index is 12.2. The fraction of sp³-hybridized carbons (Fsp3) is 0.467. The predicted octanol–water partition coefficient (Wildman–Crippen LogP) is 2.26. The van der Waals surface area contributed by atoms with Gasteiger partial charge in [0.1, 0.15) is 11.8 Å². The topological polar surface area (TPSA) is 75.6 Å². The molecule has 0 fully saturated rings. The van der Waals surface area contributed by atoms with E-state index in [1.54, 1.807) is 18.2 Å². The first-order valence-electron chi connectivity index (χ1n) is 6.85. The van der Waals surface area contributed by atoms with E-state index in [-0.39, 0.29) is 5.92 Å². The summed E-state index contributed by atoms with van der Waals surface area (Å²) in [4.78, 5) is 23.3. The summed E-state index contributed by atoms with van der Waals surface area (Å²) in [6.45, 7) is 3.82. The van der Waals surface area contributed by atoms with E-state index in [9.17, 15) is 9.59 Å². The van der Waals surface area contributed by atoms with Gasteiger partial charge in [0.2, 0.25) is 0 Å². The van der Waals surface area contributed by atoms with Gasteiger partial charge in [-0.25, -0.2) is 4.79 Å². The van der Waals surface area contributed by atoms with Crippen molar-refractivity contribution in [3.05, 3.63) is 28.8 Å². The number of nitrogens with one attached hydrogen (secondary N) is 1. The van der Waals surface area contributed by atoms with Crippen LogP contribution in [0.1, 0.15) is 25.8 Å². The van der Waals surface area contributed by atoms with Crippen LogP contribution in [0.25, 0.3) is 0 Å². The molecule has 0 spiro atoms. The van der Waals surface area contributed by atoms with Crippen molar-refractivity contribution < 1.29 is 19.4 Å². The van der Waals surface area contributed by atoms with Crippen LogP contribution in [0.2, 0.25) is 5.02 Å². The predicted molar refractivity (Wildman–Crippen MR) is 78.6 cm³/mol. The number of ether oxygens (including phenoxy) is 1. The van der Waals surface area contributed by atoms with Crippen LogP contribution in [0.3, 0.4) is 0 Å². The molecule has 1 unspecified atom stereocenters. The summed E-state index contributed by atoms with van der Waals surface area (Å²) in [7, 11) is 0. The van der Waals surface area contributed by atoms with Gasteiger partial charge in [0.15, 0.2) is 6.10 Å². The van der Waals surface area contributed by atoms with E-state index in [1.165, 1.54) is 0 Å². The first-order valence-corrected chi connectivity index (χ1v) is 7.23. The maximum Gasteiger partial charge on any atom is 0.326 e. The minimum absolute atomic E-state index is 0.173. The lowest BCUT2D eigenvalue weighted by Crippen LogP contribution is -2.47. The third kappa shape index (κ3) is 3.88. The summed E-state index contributed by atoms with van der Waals surface area (Å²) in [6.07, 6.45) is 0.0787. The van der Waals surface area contributed by atoms with E-state index in [1.807, 2.05) is 13.8 Å². The SMILES string of the molecule is CC(C)C[C@@H](NC(=O)C1Cc2cc(Cl)ccc2O1)C(=O)O. The number of carboxylic acids is 1. The minimum atomic E-state index is -1.03. The van der Waals surface area contributed by atoms with E-state index in [2.05, 4.69) is 5.32 Å². The lowest BCUT2D eigenvalue weighted by molar-refractivity contribution is -0.143. The monoisotopic (exact) mass is 311 g/mol. The van der Waals surface area contributed by atoms with Crippen molar-refractivity contribution in [2.45, 2.75) is 38.8 Å². The second-order valence-corrected chi connectivity index (χ2v) is 6.03. The average molecular weight is 312 g/mol. The van der Waals surface area contributed by atoms with E-state index in [4.69, 9.17) is 21.4 Å². The molecule has 0 saturated heterocycles. The van der Waals surface area contributed by atoms with Gasteiger partial charge in [-0.3, -0.25) is 4.79 Å². The zero-order valence-corrected chi connectivity index (χ0v) is 12.7. The Morgan fingerprint density at radius 2 is 2.19 bits per heavy atom. The minimum Gasteiger partial charge on any atom is -0.480 e. The molecule has 0 aromatic heterocycles. The van der Waals surface area contributed by atoms with Crippen molar-refractivity contribution >= 4 is 23.5 Å².